The Balaban J connectivity index is 2.34. The number of hydrogen-bond acceptors (Lipinski definition) is 4. The Morgan fingerprint density at radius 2 is 1.96 bits per heavy atom. The smallest absolute Gasteiger partial charge is 0.342 e. The summed E-state index contributed by atoms with van der Waals surface area (Å²) in [4.78, 5) is 13.5. The largest absolute Gasteiger partial charge is 0.495 e. The first-order chi connectivity index (χ1) is 11.1. The van der Waals surface area contributed by atoms with Gasteiger partial charge in [-0.05, 0) is 53.0 Å². The molecule has 0 radical (unpaired) electrons. The maximum absolute atomic E-state index is 12.3. The monoisotopic (exact) mass is 394 g/mol. The molecule has 0 atom stereocenters. The highest BCUT2D eigenvalue weighted by Crippen LogP contribution is 2.35. The average molecular weight is 395 g/mol. The molecule has 0 N–H and O–H groups in total. The minimum absolute atomic E-state index is 0.332. The van der Waals surface area contributed by atoms with Crippen molar-refractivity contribution in [2.24, 2.45) is 0 Å². The van der Waals surface area contributed by atoms with Crippen molar-refractivity contribution in [1.29, 1.82) is 0 Å². The van der Waals surface area contributed by atoms with E-state index in [0.29, 0.717) is 23.7 Å². The molecule has 2 aromatic carbocycles. The molecule has 0 fully saturated rings. The second kappa shape index (κ2) is 8.41. The quantitative estimate of drug-likeness (QED) is 0.495. The molecule has 0 unspecified atom stereocenters. The zero-order valence-corrected chi connectivity index (χ0v) is 15.8. The average Bonchev–Trinajstić information content (AvgIpc) is 2.54. The molecular weight excluding hydrogens is 376 g/mol. The molecule has 0 aliphatic heterocycles. The van der Waals surface area contributed by atoms with Crippen molar-refractivity contribution in [2.45, 2.75) is 24.5 Å². The molecule has 2 aromatic rings. The third-order valence-corrected chi connectivity index (χ3v) is 5.21. The number of rotatable bonds is 6. The fourth-order valence-corrected chi connectivity index (χ4v) is 3.73. The molecule has 0 aliphatic carbocycles. The van der Waals surface area contributed by atoms with Gasteiger partial charge in [-0.1, -0.05) is 24.3 Å². The van der Waals surface area contributed by atoms with Gasteiger partial charge in [0.25, 0.3) is 0 Å². The predicted octanol–water partition coefficient (Wildman–Crippen LogP) is 5.24. The summed E-state index contributed by atoms with van der Waals surface area (Å²) in [6.45, 7) is 4.21. The van der Waals surface area contributed by atoms with E-state index in [1.165, 1.54) is 10.5 Å². The Morgan fingerprint density at radius 3 is 2.61 bits per heavy atom. The fraction of sp³-hybridized carbons (Fsp3) is 0.278. The van der Waals surface area contributed by atoms with Gasteiger partial charge < -0.3 is 9.47 Å². The number of halogens is 1. The minimum atomic E-state index is -0.356. The molecule has 0 aliphatic rings. The van der Waals surface area contributed by atoms with Crippen LogP contribution in [0.15, 0.2) is 45.8 Å². The van der Waals surface area contributed by atoms with Crippen LogP contribution in [0.2, 0.25) is 0 Å². The second-order valence-corrected chi connectivity index (χ2v) is 6.76. The number of benzene rings is 2. The van der Waals surface area contributed by atoms with Crippen LogP contribution < -0.4 is 4.74 Å². The lowest BCUT2D eigenvalue weighted by atomic mass is 10.1. The SMILES string of the molecule is CCOC(=O)c1c(CSc2ccccc2C)ccc(Br)c1OC. The third kappa shape index (κ3) is 4.30. The van der Waals surface area contributed by atoms with Crippen molar-refractivity contribution in [2.75, 3.05) is 13.7 Å². The Bertz CT molecular complexity index is 701. The Morgan fingerprint density at radius 1 is 1.22 bits per heavy atom. The number of thioether (sulfide) groups is 1. The van der Waals surface area contributed by atoms with Gasteiger partial charge in [-0.15, -0.1) is 11.8 Å². The maximum atomic E-state index is 12.3. The number of carbonyl (C=O) groups excluding carboxylic acids is 1. The lowest BCUT2D eigenvalue weighted by molar-refractivity contribution is 0.0521. The molecule has 3 nitrogen and oxygen atoms in total. The van der Waals surface area contributed by atoms with Crippen LogP contribution in [0.4, 0.5) is 0 Å². The Hall–Kier alpha value is -1.46. The molecule has 23 heavy (non-hydrogen) atoms. The number of hydrogen-bond donors (Lipinski definition) is 0. The topological polar surface area (TPSA) is 35.5 Å². The zero-order valence-electron chi connectivity index (χ0n) is 13.4. The molecule has 0 aromatic heterocycles. The minimum Gasteiger partial charge on any atom is -0.495 e. The molecule has 0 bridgehead atoms. The van der Waals surface area contributed by atoms with E-state index < -0.39 is 0 Å². The number of ether oxygens (including phenoxy) is 2. The molecule has 0 heterocycles. The van der Waals surface area contributed by atoms with Crippen LogP contribution in [0.5, 0.6) is 5.75 Å². The Kier molecular flexibility index (Phi) is 6.54. The van der Waals surface area contributed by atoms with Gasteiger partial charge in [0, 0.05) is 10.6 Å². The summed E-state index contributed by atoms with van der Waals surface area (Å²) >= 11 is 5.13. The van der Waals surface area contributed by atoms with E-state index >= 15 is 0 Å². The summed E-state index contributed by atoms with van der Waals surface area (Å²) in [6.07, 6.45) is 0. The summed E-state index contributed by atoms with van der Waals surface area (Å²) < 4.78 is 11.3. The number of aryl methyl sites for hydroxylation is 1. The summed E-state index contributed by atoms with van der Waals surface area (Å²) in [5, 5.41) is 0. The van der Waals surface area contributed by atoms with E-state index in [1.807, 2.05) is 24.3 Å². The molecule has 122 valence electrons. The van der Waals surface area contributed by atoms with E-state index in [4.69, 9.17) is 9.47 Å². The number of esters is 1. The normalized spacial score (nSPS) is 10.4. The van der Waals surface area contributed by atoms with Crippen molar-refractivity contribution in [3.05, 3.63) is 57.6 Å². The summed E-state index contributed by atoms with van der Waals surface area (Å²) in [5.41, 5.74) is 2.61. The van der Waals surface area contributed by atoms with E-state index in [1.54, 1.807) is 25.8 Å². The first-order valence-electron chi connectivity index (χ1n) is 7.29. The lowest BCUT2D eigenvalue weighted by Gasteiger charge is -2.15. The molecule has 0 saturated carbocycles. The van der Waals surface area contributed by atoms with Gasteiger partial charge in [0.1, 0.15) is 11.3 Å². The van der Waals surface area contributed by atoms with Gasteiger partial charge in [-0.2, -0.15) is 0 Å². The summed E-state index contributed by atoms with van der Waals surface area (Å²) in [6, 6.07) is 12.0. The summed E-state index contributed by atoms with van der Waals surface area (Å²) in [7, 11) is 1.56. The van der Waals surface area contributed by atoms with Crippen molar-refractivity contribution >= 4 is 33.7 Å². The molecule has 5 heteroatoms. The summed E-state index contributed by atoms with van der Waals surface area (Å²) in [5.74, 6) is 0.834. The van der Waals surface area contributed by atoms with E-state index in [2.05, 4.69) is 35.0 Å². The van der Waals surface area contributed by atoms with E-state index in [9.17, 15) is 4.79 Å². The van der Waals surface area contributed by atoms with Gasteiger partial charge >= 0.3 is 5.97 Å². The van der Waals surface area contributed by atoms with Crippen molar-refractivity contribution < 1.29 is 14.3 Å². The first kappa shape index (κ1) is 17.9. The van der Waals surface area contributed by atoms with Crippen LogP contribution in [0.1, 0.15) is 28.4 Å². The van der Waals surface area contributed by atoms with Gasteiger partial charge in [-0.3, -0.25) is 0 Å². The Labute approximate surface area is 149 Å². The van der Waals surface area contributed by atoms with Crippen LogP contribution in [-0.2, 0) is 10.5 Å². The highest BCUT2D eigenvalue weighted by atomic mass is 79.9. The highest BCUT2D eigenvalue weighted by molar-refractivity contribution is 9.10. The third-order valence-electron chi connectivity index (χ3n) is 3.36. The predicted molar refractivity (Wildman–Crippen MR) is 97.4 cm³/mol. The lowest BCUT2D eigenvalue weighted by Crippen LogP contribution is -2.10. The maximum Gasteiger partial charge on any atom is 0.342 e. The van der Waals surface area contributed by atoms with Crippen molar-refractivity contribution in [3.8, 4) is 5.75 Å². The number of carbonyl (C=O) groups is 1. The van der Waals surface area contributed by atoms with Crippen LogP contribution in [0.3, 0.4) is 0 Å². The van der Waals surface area contributed by atoms with Crippen molar-refractivity contribution in [1.82, 2.24) is 0 Å². The van der Waals surface area contributed by atoms with Gasteiger partial charge in [0.2, 0.25) is 0 Å². The van der Waals surface area contributed by atoms with Crippen LogP contribution >= 0.6 is 27.7 Å². The van der Waals surface area contributed by atoms with E-state index in [0.717, 1.165) is 10.0 Å². The van der Waals surface area contributed by atoms with Gasteiger partial charge in [0.15, 0.2) is 0 Å². The highest BCUT2D eigenvalue weighted by Gasteiger charge is 2.21. The van der Waals surface area contributed by atoms with Crippen LogP contribution in [-0.4, -0.2) is 19.7 Å². The molecule has 2 rings (SSSR count). The molecule has 0 amide bonds. The van der Waals surface area contributed by atoms with E-state index in [-0.39, 0.29) is 5.97 Å². The molecule has 0 saturated heterocycles. The molecule has 0 spiro atoms. The molecular formula is C18H19BrO3S. The van der Waals surface area contributed by atoms with Gasteiger partial charge in [0.05, 0.1) is 18.2 Å². The van der Waals surface area contributed by atoms with Crippen molar-refractivity contribution in [3.63, 3.8) is 0 Å². The standard InChI is InChI=1S/C18H19BrO3S/c1-4-22-18(20)16-13(9-10-14(19)17(16)21-3)11-23-15-8-6-5-7-12(15)2/h5-10H,4,11H2,1-3H3. The number of methoxy groups -OCH3 is 1. The second-order valence-electron chi connectivity index (χ2n) is 4.89. The zero-order chi connectivity index (χ0) is 16.8. The van der Waals surface area contributed by atoms with Crippen LogP contribution in [0.25, 0.3) is 0 Å². The van der Waals surface area contributed by atoms with Crippen LogP contribution in [0, 0.1) is 6.92 Å². The van der Waals surface area contributed by atoms with Gasteiger partial charge in [-0.25, -0.2) is 4.79 Å². The fourth-order valence-electron chi connectivity index (χ4n) is 2.22. The first-order valence-corrected chi connectivity index (χ1v) is 9.07.